The third-order valence-electron chi connectivity index (χ3n) is 3.97. The van der Waals surface area contributed by atoms with Crippen LogP contribution in [0, 0.1) is 13.8 Å². The highest BCUT2D eigenvalue weighted by Gasteiger charge is 2.18. The fourth-order valence-electron chi connectivity index (χ4n) is 2.73. The number of nitrogens with zero attached hydrogens (tertiary/aromatic N) is 3. The van der Waals surface area contributed by atoms with E-state index in [1.807, 2.05) is 19.9 Å². The van der Waals surface area contributed by atoms with Crippen molar-refractivity contribution in [1.82, 2.24) is 25.0 Å². The molecule has 0 spiro atoms. The van der Waals surface area contributed by atoms with Gasteiger partial charge in [-0.3, -0.25) is 5.10 Å². The molecule has 3 aromatic rings. The maximum absolute atomic E-state index is 12.2. The van der Waals surface area contributed by atoms with E-state index in [0.717, 1.165) is 17.0 Å². The molecule has 4 rings (SSSR count). The van der Waals surface area contributed by atoms with E-state index in [9.17, 15) is 4.79 Å². The van der Waals surface area contributed by atoms with Crippen LogP contribution in [0.1, 0.15) is 22.8 Å². The number of fused-ring (bicyclic) bond motifs is 1. The Balaban J connectivity index is 1.78. The molecule has 8 heteroatoms. The summed E-state index contributed by atoms with van der Waals surface area (Å²) in [6.07, 6.45) is 0.501. The van der Waals surface area contributed by atoms with Crippen LogP contribution in [-0.4, -0.2) is 31.8 Å². The number of nitrogens with one attached hydrogen (secondary N) is 2. The Morgan fingerprint density at radius 3 is 2.78 bits per heavy atom. The fraction of sp³-hybridized carbons (Fsp3) is 0.267. The Hall–Kier alpha value is -3.03. The van der Waals surface area contributed by atoms with Gasteiger partial charge in [0, 0.05) is 23.7 Å². The van der Waals surface area contributed by atoms with Crippen molar-refractivity contribution in [1.29, 1.82) is 0 Å². The molecule has 0 aliphatic carbocycles. The maximum Gasteiger partial charge on any atom is 0.347 e. The smallest absolute Gasteiger partial charge is 0.347 e. The minimum Gasteiger partial charge on any atom is -0.454 e. The summed E-state index contributed by atoms with van der Waals surface area (Å²) in [5.74, 6) is 1.91. The second-order valence-electron chi connectivity index (χ2n) is 5.41. The molecule has 1 aromatic carbocycles. The predicted molar refractivity (Wildman–Crippen MR) is 81.2 cm³/mol. The maximum atomic E-state index is 12.2. The number of benzene rings is 1. The molecule has 2 aromatic heterocycles. The topological polar surface area (TPSA) is 97.8 Å². The lowest BCUT2D eigenvalue weighted by Gasteiger charge is -2.07. The van der Waals surface area contributed by atoms with E-state index in [-0.39, 0.29) is 12.5 Å². The van der Waals surface area contributed by atoms with E-state index in [1.54, 1.807) is 12.1 Å². The van der Waals surface area contributed by atoms with Gasteiger partial charge in [0.15, 0.2) is 11.5 Å². The molecule has 0 radical (unpaired) electrons. The first kappa shape index (κ1) is 13.6. The Bertz CT molecular complexity index is 917. The molecule has 23 heavy (non-hydrogen) atoms. The van der Waals surface area contributed by atoms with Crippen molar-refractivity contribution in [2.24, 2.45) is 0 Å². The van der Waals surface area contributed by atoms with Crippen LogP contribution in [0.2, 0.25) is 0 Å². The monoisotopic (exact) mass is 313 g/mol. The quantitative estimate of drug-likeness (QED) is 0.757. The lowest BCUT2D eigenvalue weighted by Crippen LogP contribution is -2.17. The van der Waals surface area contributed by atoms with E-state index in [1.165, 1.54) is 4.57 Å². The molecule has 1 aliphatic rings. The number of hydrogen-bond acceptors (Lipinski definition) is 5. The predicted octanol–water partition coefficient (Wildman–Crippen LogP) is 1.22. The number of aryl methyl sites for hydroxylation is 2. The second-order valence-corrected chi connectivity index (χ2v) is 5.41. The number of hydrogen-bond donors (Lipinski definition) is 2. The molecule has 0 amide bonds. The highest BCUT2D eigenvalue weighted by Crippen LogP contribution is 2.33. The van der Waals surface area contributed by atoms with Crippen LogP contribution >= 0.6 is 0 Å². The summed E-state index contributed by atoms with van der Waals surface area (Å²) in [6.45, 7) is 4.07. The first-order chi connectivity index (χ1) is 11.1. The van der Waals surface area contributed by atoms with Crippen LogP contribution in [0.3, 0.4) is 0 Å². The zero-order valence-corrected chi connectivity index (χ0v) is 12.7. The van der Waals surface area contributed by atoms with Gasteiger partial charge in [0.1, 0.15) is 5.82 Å². The number of aromatic amines is 2. The summed E-state index contributed by atoms with van der Waals surface area (Å²) in [7, 11) is 0. The molecule has 0 saturated heterocycles. The van der Waals surface area contributed by atoms with Crippen molar-refractivity contribution in [3.05, 3.63) is 51.5 Å². The molecular formula is C15H15N5O3. The Kier molecular flexibility index (Phi) is 2.97. The van der Waals surface area contributed by atoms with Crippen LogP contribution in [-0.2, 0) is 6.42 Å². The summed E-state index contributed by atoms with van der Waals surface area (Å²) < 4.78 is 12.2. The van der Waals surface area contributed by atoms with Crippen molar-refractivity contribution in [3.63, 3.8) is 0 Å². The molecule has 1 aliphatic heterocycles. The summed E-state index contributed by atoms with van der Waals surface area (Å²) in [6, 6.07) is 5.37. The van der Waals surface area contributed by atoms with Gasteiger partial charge in [-0.05, 0) is 26.0 Å². The van der Waals surface area contributed by atoms with E-state index < -0.39 is 0 Å². The van der Waals surface area contributed by atoms with Crippen molar-refractivity contribution >= 4 is 0 Å². The third kappa shape index (κ3) is 2.19. The standard InChI is InChI=1S/C15H15N5O3/c1-8-11(9(2)17-16-8)6-14-18-19-15(21)20(14)10-3-4-12-13(5-10)23-7-22-12/h3-5H,6-7H2,1-2H3,(H,16,17)(H,19,21). The SMILES string of the molecule is Cc1n[nH]c(C)c1Cc1n[nH]c(=O)n1-c1ccc2c(c1)OCO2. The average Bonchev–Trinajstić information content (AvgIpc) is 3.22. The minimum atomic E-state index is -0.294. The van der Waals surface area contributed by atoms with E-state index in [4.69, 9.17) is 9.47 Å². The Morgan fingerprint density at radius 2 is 2.00 bits per heavy atom. The molecule has 3 heterocycles. The van der Waals surface area contributed by atoms with Crippen molar-refractivity contribution < 1.29 is 9.47 Å². The average molecular weight is 313 g/mol. The summed E-state index contributed by atoms with van der Waals surface area (Å²) in [5, 5.41) is 13.8. The van der Waals surface area contributed by atoms with E-state index in [2.05, 4.69) is 20.4 Å². The van der Waals surface area contributed by atoms with Gasteiger partial charge in [0.2, 0.25) is 6.79 Å². The molecule has 118 valence electrons. The molecule has 0 saturated carbocycles. The lowest BCUT2D eigenvalue weighted by atomic mass is 10.1. The van der Waals surface area contributed by atoms with Gasteiger partial charge in [0.05, 0.1) is 11.4 Å². The molecule has 0 unspecified atom stereocenters. The van der Waals surface area contributed by atoms with Gasteiger partial charge in [-0.25, -0.2) is 14.5 Å². The van der Waals surface area contributed by atoms with Crippen molar-refractivity contribution in [3.8, 4) is 17.2 Å². The zero-order valence-electron chi connectivity index (χ0n) is 12.7. The molecule has 8 nitrogen and oxygen atoms in total. The zero-order chi connectivity index (χ0) is 16.0. The molecule has 0 atom stereocenters. The van der Waals surface area contributed by atoms with E-state index >= 15 is 0 Å². The first-order valence-corrected chi connectivity index (χ1v) is 7.20. The van der Waals surface area contributed by atoms with Gasteiger partial charge in [-0.15, -0.1) is 0 Å². The van der Waals surface area contributed by atoms with E-state index in [0.29, 0.717) is 29.4 Å². The van der Waals surface area contributed by atoms with Crippen LogP contribution in [0.25, 0.3) is 5.69 Å². The third-order valence-corrected chi connectivity index (χ3v) is 3.97. The molecule has 2 N–H and O–H groups in total. The van der Waals surface area contributed by atoms with Gasteiger partial charge >= 0.3 is 5.69 Å². The molecular weight excluding hydrogens is 298 g/mol. The minimum absolute atomic E-state index is 0.194. The molecule has 0 bridgehead atoms. The van der Waals surface area contributed by atoms with Crippen molar-refractivity contribution in [2.75, 3.05) is 6.79 Å². The number of aromatic nitrogens is 5. The van der Waals surface area contributed by atoms with Crippen LogP contribution in [0.15, 0.2) is 23.0 Å². The van der Waals surface area contributed by atoms with Gasteiger partial charge in [-0.2, -0.15) is 10.2 Å². The highest BCUT2D eigenvalue weighted by atomic mass is 16.7. The number of ether oxygens (including phenoxy) is 2. The first-order valence-electron chi connectivity index (χ1n) is 7.20. The normalized spacial score (nSPS) is 12.8. The summed E-state index contributed by atoms with van der Waals surface area (Å²) in [4.78, 5) is 12.2. The fourth-order valence-corrected chi connectivity index (χ4v) is 2.73. The number of rotatable bonds is 3. The summed E-state index contributed by atoms with van der Waals surface area (Å²) in [5.41, 5.74) is 3.29. The van der Waals surface area contributed by atoms with Crippen LogP contribution in [0.5, 0.6) is 11.5 Å². The largest absolute Gasteiger partial charge is 0.454 e. The Labute approximate surface area is 131 Å². The number of H-pyrrole nitrogens is 2. The highest BCUT2D eigenvalue weighted by molar-refractivity contribution is 5.50. The Morgan fingerprint density at radius 1 is 1.17 bits per heavy atom. The second kappa shape index (κ2) is 5.01. The van der Waals surface area contributed by atoms with Crippen LogP contribution < -0.4 is 15.2 Å². The summed E-state index contributed by atoms with van der Waals surface area (Å²) >= 11 is 0. The lowest BCUT2D eigenvalue weighted by molar-refractivity contribution is 0.174. The molecule has 0 fully saturated rings. The van der Waals surface area contributed by atoms with Gasteiger partial charge in [-0.1, -0.05) is 0 Å². The van der Waals surface area contributed by atoms with Gasteiger partial charge in [0.25, 0.3) is 0 Å². The van der Waals surface area contributed by atoms with Gasteiger partial charge < -0.3 is 9.47 Å². The van der Waals surface area contributed by atoms with Crippen molar-refractivity contribution in [2.45, 2.75) is 20.3 Å². The van der Waals surface area contributed by atoms with Crippen LogP contribution in [0.4, 0.5) is 0 Å².